The summed E-state index contributed by atoms with van der Waals surface area (Å²) in [5.41, 5.74) is 6.70. The van der Waals surface area contributed by atoms with Crippen LogP contribution in [0.4, 0.5) is 5.69 Å². The molecular weight excluding hydrogens is 292 g/mol. The van der Waals surface area contributed by atoms with E-state index in [4.69, 9.17) is 5.73 Å². The van der Waals surface area contributed by atoms with Crippen LogP contribution in [-0.4, -0.2) is 40.6 Å². The molecule has 1 aliphatic carbocycles. The van der Waals surface area contributed by atoms with Gasteiger partial charge in [0, 0.05) is 18.5 Å². The van der Waals surface area contributed by atoms with Gasteiger partial charge in [-0.15, -0.1) is 0 Å². The molecule has 6 nitrogen and oxygen atoms in total. The number of carbonyl (C=O) groups is 2. The van der Waals surface area contributed by atoms with Crippen LogP contribution < -0.4 is 10.7 Å². The Bertz CT molecular complexity index is 635. The second-order valence-corrected chi connectivity index (χ2v) is 6.39. The molecule has 1 aromatic rings. The lowest BCUT2D eigenvalue weighted by Crippen LogP contribution is -2.43. The number of anilines is 1. The molecule has 1 aromatic carbocycles. The number of rotatable bonds is 5. The molecule has 1 saturated carbocycles. The number of hydrogen-bond donors (Lipinski definition) is 1. The summed E-state index contributed by atoms with van der Waals surface area (Å²) < 4.78 is 0. The minimum absolute atomic E-state index is 0.0767. The Kier molecular flexibility index (Phi) is 4.07. The van der Waals surface area contributed by atoms with Crippen LogP contribution >= 0.6 is 0 Å². The van der Waals surface area contributed by atoms with Crippen molar-refractivity contribution in [1.82, 2.24) is 4.90 Å². The van der Waals surface area contributed by atoms with Gasteiger partial charge in [-0.3, -0.25) is 14.6 Å². The maximum Gasteiger partial charge on any atom is 0.270 e. The molecule has 122 valence electrons. The van der Waals surface area contributed by atoms with Crippen molar-refractivity contribution in [3.63, 3.8) is 0 Å². The lowest BCUT2D eigenvalue weighted by Gasteiger charge is -2.26. The standard InChI is InChI=1S/C17H22N4O2/c1-11(2)20(12-8-9-12)17(23)14-10-15(16(18)22)21(19-14)13-6-4-3-5-7-13/h3-7,11-12,15H,8-10H2,1-2H3,(H2,18,22). The zero-order valence-corrected chi connectivity index (χ0v) is 13.5. The lowest BCUT2D eigenvalue weighted by atomic mass is 10.1. The zero-order chi connectivity index (χ0) is 16.6. The van der Waals surface area contributed by atoms with E-state index < -0.39 is 11.9 Å². The van der Waals surface area contributed by atoms with Gasteiger partial charge in [0.25, 0.3) is 5.91 Å². The molecule has 1 aliphatic heterocycles. The van der Waals surface area contributed by atoms with E-state index in [1.165, 1.54) is 0 Å². The third-order valence-corrected chi connectivity index (χ3v) is 4.24. The Morgan fingerprint density at radius 3 is 2.43 bits per heavy atom. The fourth-order valence-corrected chi connectivity index (χ4v) is 3.00. The maximum absolute atomic E-state index is 12.8. The van der Waals surface area contributed by atoms with Crippen LogP contribution in [0.25, 0.3) is 0 Å². The topological polar surface area (TPSA) is 79.0 Å². The summed E-state index contributed by atoms with van der Waals surface area (Å²) in [6.07, 6.45) is 2.34. The van der Waals surface area contributed by atoms with Gasteiger partial charge in [-0.2, -0.15) is 5.10 Å². The number of nitrogens with two attached hydrogens (primary N) is 1. The fourth-order valence-electron chi connectivity index (χ4n) is 3.00. The average Bonchev–Trinajstić information content (AvgIpc) is 3.23. The van der Waals surface area contributed by atoms with Gasteiger partial charge in [0.15, 0.2) is 0 Å². The molecule has 1 heterocycles. The van der Waals surface area contributed by atoms with E-state index in [1.807, 2.05) is 49.1 Å². The highest BCUT2D eigenvalue weighted by molar-refractivity contribution is 6.40. The molecule has 0 aromatic heterocycles. The fraction of sp³-hybridized carbons (Fsp3) is 0.471. The van der Waals surface area contributed by atoms with E-state index >= 15 is 0 Å². The van der Waals surface area contributed by atoms with Crippen LogP contribution in [0.3, 0.4) is 0 Å². The van der Waals surface area contributed by atoms with Gasteiger partial charge in [0.1, 0.15) is 11.8 Å². The quantitative estimate of drug-likeness (QED) is 0.894. The van der Waals surface area contributed by atoms with Crippen molar-refractivity contribution < 1.29 is 9.59 Å². The lowest BCUT2D eigenvalue weighted by molar-refractivity contribution is -0.126. The van der Waals surface area contributed by atoms with Gasteiger partial charge in [0.05, 0.1) is 5.69 Å². The summed E-state index contributed by atoms with van der Waals surface area (Å²) in [4.78, 5) is 26.5. The molecular formula is C17H22N4O2. The smallest absolute Gasteiger partial charge is 0.270 e. The third-order valence-electron chi connectivity index (χ3n) is 4.24. The summed E-state index contributed by atoms with van der Waals surface area (Å²) >= 11 is 0. The number of amides is 2. The molecule has 2 N–H and O–H groups in total. The van der Waals surface area contributed by atoms with Crippen LogP contribution in [0.15, 0.2) is 35.4 Å². The molecule has 2 amide bonds. The van der Waals surface area contributed by atoms with Crippen LogP contribution in [0.1, 0.15) is 33.1 Å². The van der Waals surface area contributed by atoms with E-state index in [9.17, 15) is 9.59 Å². The SMILES string of the molecule is CC(C)N(C(=O)C1=NN(c2ccccc2)C(C(N)=O)C1)C1CC1. The molecule has 0 radical (unpaired) electrons. The first-order valence-corrected chi connectivity index (χ1v) is 8.02. The number of para-hydroxylation sites is 1. The minimum Gasteiger partial charge on any atom is -0.368 e. The van der Waals surface area contributed by atoms with Crippen LogP contribution in [0.5, 0.6) is 0 Å². The number of primary amides is 1. The molecule has 23 heavy (non-hydrogen) atoms. The highest BCUT2D eigenvalue weighted by Gasteiger charge is 2.41. The van der Waals surface area contributed by atoms with Crippen molar-refractivity contribution in [2.75, 3.05) is 5.01 Å². The highest BCUT2D eigenvalue weighted by Crippen LogP contribution is 2.31. The number of hydrogen-bond acceptors (Lipinski definition) is 4. The Balaban J connectivity index is 1.88. The van der Waals surface area contributed by atoms with Crippen LogP contribution in [-0.2, 0) is 9.59 Å². The van der Waals surface area contributed by atoms with E-state index in [0.29, 0.717) is 11.8 Å². The largest absolute Gasteiger partial charge is 0.368 e. The van der Waals surface area contributed by atoms with Crippen molar-refractivity contribution in [2.45, 2.75) is 51.2 Å². The predicted molar refractivity (Wildman–Crippen MR) is 89.0 cm³/mol. The summed E-state index contributed by atoms with van der Waals surface area (Å²) in [5.74, 6) is -0.546. The zero-order valence-electron chi connectivity index (χ0n) is 13.5. The van der Waals surface area contributed by atoms with Gasteiger partial charge in [-0.1, -0.05) is 18.2 Å². The number of benzene rings is 1. The number of hydrazone groups is 1. The van der Waals surface area contributed by atoms with E-state index in [1.54, 1.807) is 5.01 Å². The summed E-state index contributed by atoms with van der Waals surface area (Å²) in [7, 11) is 0. The molecule has 0 bridgehead atoms. The molecule has 0 saturated heterocycles. The summed E-state index contributed by atoms with van der Waals surface area (Å²) in [6.45, 7) is 4.01. The van der Waals surface area contributed by atoms with Gasteiger partial charge >= 0.3 is 0 Å². The first-order chi connectivity index (χ1) is 11.0. The van der Waals surface area contributed by atoms with Crippen LogP contribution in [0, 0.1) is 0 Å². The Morgan fingerprint density at radius 2 is 1.91 bits per heavy atom. The number of nitrogens with zero attached hydrogens (tertiary/aromatic N) is 3. The minimum atomic E-state index is -0.607. The van der Waals surface area contributed by atoms with Crippen molar-refractivity contribution in [1.29, 1.82) is 0 Å². The van der Waals surface area contributed by atoms with E-state index in [0.717, 1.165) is 18.5 Å². The Labute approximate surface area is 135 Å². The summed E-state index contributed by atoms with van der Waals surface area (Å²) in [5, 5.41) is 6.00. The van der Waals surface area contributed by atoms with Crippen molar-refractivity contribution in [3.8, 4) is 0 Å². The van der Waals surface area contributed by atoms with Gasteiger partial charge in [-0.25, -0.2) is 0 Å². The molecule has 1 atom stereocenters. The third kappa shape index (κ3) is 3.06. The molecule has 2 aliphatic rings. The van der Waals surface area contributed by atoms with Gasteiger partial charge < -0.3 is 10.6 Å². The van der Waals surface area contributed by atoms with Gasteiger partial charge in [0.2, 0.25) is 5.91 Å². The first kappa shape index (κ1) is 15.5. The average molecular weight is 314 g/mol. The van der Waals surface area contributed by atoms with Crippen molar-refractivity contribution >= 4 is 23.2 Å². The normalized spacial score (nSPS) is 20.6. The molecule has 3 rings (SSSR count). The maximum atomic E-state index is 12.8. The number of carbonyl (C=O) groups excluding carboxylic acids is 2. The molecule has 1 fully saturated rings. The van der Waals surface area contributed by atoms with E-state index in [2.05, 4.69) is 5.10 Å². The van der Waals surface area contributed by atoms with Crippen LogP contribution in [0.2, 0.25) is 0 Å². The summed E-state index contributed by atoms with van der Waals surface area (Å²) in [6, 6.07) is 9.16. The molecule has 1 unspecified atom stereocenters. The predicted octanol–water partition coefficient (Wildman–Crippen LogP) is 1.51. The molecule has 0 spiro atoms. The molecule has 6 heteroatoms. The Morgan fingerprint density at radius 1 is 1.26 bits per heavy atom. The van der Waals surface area contributed by atoms with E-state index in [-0.39, 0.29) is 18.4 Å². The second kappa shape index (κ2) is 6.02. The van der Waals surface area contributed by atoms with Crippen molar-refractivity contribution in [3.05, 3.63) is 30.3 Å². The first-order valence-electron chi connectivity index (χ1n) is 8.02. The second-order valence-electron chi connectivity index (χ2n) is 6.39. The Hall–Kier alpha value is -2.37. The monoisotopic (exact) mass is 314 g/mol. The highest BCUT2D eigenvalue weighted by atomic mass is 16.2. The van der Waals surface area contributed by atoms with Gasteiger partial charge in [-0.05, 0) is 38.8 Å². The van der Waals surface area contributed by atoms with Crippen molar-refractivity contribution in [2.24, 2.45) is 10.8 Å².